The molecule has 0 bridgehead atoms. The molecule has 3 nitrogen and oxygen atoms in total. The minimum Gasteiger partial charge on any atom is -0.507 e. The van der Waals surface area contributed by atoms with Gasteiger partial charge in [0.25, 0.3) is 0 Å². The fourth-order valence-corrected chi connectivity index (χ4v) is 1.86. The zero-order valence-corrected chi connectivity index (χ0v) is 9.95. The summed E-state index contributed by atoms with van der Waals surface area (Å²) >= 11 is 0. The van der Waals surface area contributed by atoms with Crippen LogP contribution in [0.5, 0.6) is 5.75 Å². The number of aryl methyl sites for hydroxylation is 1. The molecular formula is C13H17NO2. The van der Waals surface area contributed by atoms with Gasteiger partial charge in [0, 0.05) is 12.1 Å². The summed E-state index contributed by atoms with van der Waals surface area (Å²) in [5.41, 5.74) is 2.93. The lowest BCUT2D eigenvalue weighted by Crippen LogP contribution is -2.14. The topological polar surface area (TPSA) is 36.6 Å². The summed E-state index contributed by atoms with van der Waals surface area (Å²) in [6.07, 6.45) is 2.64. The fourth-order valence-electron chi connectivity index (χ4n) is 1.86. The van der Waals surface area contributed by atoms with Crippen LogP contribution in [-0.4, -0.2) is 30.6 Å². The van der Waals surface area contributed by atoms with E-state index >= 15 is 0 Å². The molecule has 0 saturated carbocycles. The lowest BCUT2D eigenvalue weighted by atomic mass is 10.1. The van der Waals surface area contributed by atoms with Gasteiger partial charge < -0.3 is 14.4 Å². The van der Waals surface area contributed by atoms with Crippen molar-refractivity contribution < 1.29 is 9.52 Å². The standard InChI is InChI=1S/C13H17NO2/c1-9-4-5-11(15)12-10(6-7-14(2)3)8-16-13(9)12/h4-5,8,15H,6-7H2,1-3H3. The largest absolute Gasteiger partial charge is 0.507 e. The zero-order valence-electron chi connectivity index (χ0n) is 9.95. The molecule has 2 aromatic rings. The van der Waals surface area contributed by atoms with Crippen LogP contribution in [0.15, 0.2) is 22.8 Å². The second-order valence-electron chi connectivity index (χ2n) is 4.42. The highest BCUT2D eigenvalue weighted by Crippen LogP contribution is 2.32. The molecule has 0 aliphatic heterocycles. The van der Waals surface area contributed by atoms with E-state index in [1.54, 1.807) is 12.3 Å². The molecule has 0 aliphatic rings. The first kappa shape index (κ1) is 11.0. The van der Waals surface area contributed by atoms with Crippen LogP contribution in [0.4, 0.5) is 0 Å². The third-order valence-corrected chi connectivity index (χ3v) is 2.80. The smallest absolute Gasteiger partial charge is 0.140 e. The van der Waals surface area contributed by atoms with E-state index in [4.69, 9.17) is 4.42 Å². The maximum absolute atomic E-state index is 9.86. The molecule has 0 aliphatic carbocycles. The van der Waals surface area contributed by atoms with E-state index in [0.717, 1.165) is 35.1 Å². The highest BCUT2D eigenvalue weighted by molar-refractivity contribution is 5.89. The molecule has 0 amide bonds. The Balaban J connectivity index is 2.43. The van der Waals surface area contributed by atoms with Crippen molar-refractivity contribution in [2.45, 2.75) is 13.3 Å². The van der Waals surface area contributed by atoms with Crippen LogP contribution in [0.1, 0.15) is 11.1 Å². The van der Waals surface area contributed by atoms with Crippen LogP contribution in [0.3, 0.4) is 0 Å². The van der Waals surface area contributed by atoms with Crippen molar-refractivity contribution in [2.24, 2.45) is 0 Å². The Labute approximate surface area is 95.3 Å². The number of likely N-dealkylation sites (N-methyl/N-ethyl adjacent to an activating group) is 1. The van der Waals surface area contributed by atoms with Gasteiger partial charge in [-0.25, -0.2) is 0 Å². The molecule has 0 fully saturated rings. The van der Waals surface area contributed by atoms with Crippen LogP contribution in [0, 0.1) is 6.92 Å². The highest BCUT2D eigenvalue weighted by atomic mass is 16.3. The van der Waals surface area contributed by atoms with Crippen molar-refractivity contribution in [1.82, 2.24) is 4.90 Å². The van der Waals surface area contributed by atoms with Gasteiger partial charge in [0.05, 0.1) is 11.6 Å². The van der Waals surface area contributed by atoms with E-state index < -0.39 is 0 Å². The molecule has 16 heavy (non-hydrogen) atoms. The molecule has 2 rings (SSSR count). The van der Waals surface area contributed by atoms with E-state index in [0.29, 0.717) is 5.75 Å². The van der Waals surface area contributed by atoms with Crippen LogP contribution in [-0.2, 0) is 6.42 Å². The number of rotatable bonds is 3. The Bertz CT molecular complexity index is 500. The molecule has 0 atom stereocenters. The average Bonchev–Trinajstić information content (AvgIpc) is 2.65. The molecule has 3 heteroatoms. The first-order chi connectivity index (χ1) is 7.59. The predicted octanol–water partition coefficient (Wildman–Crippen LogP) is 2.55. The minimum absolute atomic E-state index is 0.308. The maximum atomic E-state index is 9.86. The number of fused-ring (bicyclic) bond motifs is 1. The molecule has 1 N–H and O–H groups in total. The van der Waals surface area contributed by atoms with Crippen molar-refractivity contribution in [3.63, 3.8) is 0 Å². The fraction of sp³-hybridized carbons (Fsp3) is 0.385. The molecule has 0 unspecified atom stereocenters. The third kappa shape index (κ3) is 1.91. The average molecular weight is 219 g/mol. The molecule has 0 radical (unpaired) electrons. The third-order valence-electron chi connectivity index (χ3n) is 2.80. The van der Waals surface area contributed by atoms with Crippen LogP contribution < -0.4 is 0 Å². The van der Waals surface area contributed by atoms with Crippen LogP contribution in [0.2, 0.25) is 0 Å². The van der Waals surface area contributed by atoms with Gasteiger partial charge >= 0.3 is 0 Å². The molecule has 1 aromatic carbocycles. The van der Waals surface area contributed by atoms with Crippen LogP contribution >= 0.6 is 0 Å². The summed E-state index contributed by atoms with van der Waals surface area (Å²) in [5, 5.41) is 10.7. The first-order valence-corrected chi connectivity index (χ1v) is 5.43. The van der Waals surface area contributed by atoms with E-state index in [1.165, 1.54) is 0 Å². The van der Waals surface area contributed by atoms with Gasteiger partial charge in [-0.1, -0.05) is 6.07 Å². The summed E-state index contributed by atoms with van der Waals surface area (Å²) in [7, 11) is 4.07. The van der Waals surface area contributed by atoms with E-state index in [9.17, 15) is 5.11 Å². The van der Waals surface area contributed by atoms with Crippen molar-refractivity contribution >= 4 is 11.0 Å². The van der Waals surface area contributed by atoms with Crippen molar-refractivity contribution in [3.05, 3.63) is 29.5 Å². The Morgan fingerprint density at radius 3 is 2.75 bits per heavy atom. The number of furan rings is 1. The molecule has 1 aromatic heterocycles. The SMILES string of the molecule is Cc1ccc(O)c2c(CCN(C)C)coc12. The van der Waals surface area contributed by atoms with Gasteiger partial charge in [-0.3, -0.25) is 0 Å². The van der Waals surface area contributed by atoms with Crippen LogP contribution in [0.25, 0.3) is 11.0 Å². The van der Waals surface area contributed by atoms with Crippen molar-refractivity contribution in [1.29, 1.82) is 0 Å². The van der Waals surface area contributed by atoms with E-state index in [-0.39, 0.29) is 0 Å². The quantitative estimate of drug-likeness (QED) is 0.861. The number of benzene rings is 1. The normalized spacial score (nSPS) is 11.5. The first-order valence-electron chi connectivity index (χ1n) is 5.43. The summed E-state index contributed by atoms with van der Waals surface area (Å²) < 4.78 is 5.51. The number of phenols is 1. The Hall–Kier alpha value is -1.48. The van der Waals surface area contributed by atoms with E-state index in [2.05, 4.69) is 4.90 Å². The van der Waals surface area contributed by atoms with Crippen molar-refractivity contribution in [3.8, 4) is 5.75 Å². The Kier molecular flexibility index (Phi) is 2.88. The lowest BCUT2D eigenvalue weighted by Gasteiger charge is -2.08. The van der Waals surface area contributed by atoms with Gasteiger partial charge in [-0.05, 0) is 39.1 Å². The number of aromatic hydroxyl groups is 1. The van der Waals surface area contributed by atoms with E-state index in [1.807, 2.05) is 27.1 Å². The summed E-state index contributed by atoms with van der Waals surface area (Å²) in [5.74, 6) is 0.308. The highest BCUT2D eigenvalue weighted by Gasteiger charge is 2.12. The number of hydrogen-bond donors (Lipinski definition) is 1. The zero-order chi connectivity index (χ0) is 11.7. The monoisotopic (exact) mass is 219 g/mol. The second-order valence-corrected chi connectivity index (χ2v) is 4.42. The molecular weight excluding hydrogens is 202 g/mol. The lowest BCUT2D eigenvalue weighted by molar-refractivity contribution is 0.413. The molecule has 0 saturated heterocycles. The summed E-state index contributed by atoms with van der Waals surface area (Å²) in [6, 6.07) is 3.60. The van der Waals surface area contributed by atoms with Gasteiger partial charge in [-0.15, -0.1) is 0 Å². The Morgan fingerprint density at radius 1 is 1.31 bits per heavy atom. The number of hydrogen-bond acceptors (Lipinski definition) is 3. The molecule has 0 spiro atoms. The van der Waals surface area contributed by atoms with Gasteiger partial charge in [0.15, 0.2) is 0 Å². The van der Waals surface area contributed by atoms with Gasteiger partial charge in [-0.2, -0.15) is 0 Å². The van der Waals surface area contributed by atoms with Crippen molar-refractivity contribution in [2.75, 3.05) is 20.6 Å². The molecule has 1 heterocycles. The number of nitrogens with zero attached hydrogens (tertiary/aromatic N) is 1. The van der Waals surface area contributed by atoms with Gasteiger partial charge in [0.2, 0.25) is 0 Å². The molecule has 86 valence electrons. The predicted molar refractivity (Wildman–Crippen MR) is 64.9 cm³/mol. The summed E-state index contributed by atoms with van der Waals surface area (Å²) in [6.45, 7) is 2.93. The second kappa shape index (κ2) is 4.18. The van der Waals surface area contributed by atoms with Gasteiger partial charge in [0.1, 0.15) is 11.3 Å². The Morgan fingerprint density at radius 2 is 2.06 bits per heavy atom. The maximum Gasteiger partial charge on any atom is 0.140 e. The summed E-state index contributed by atoms with van der Waals surface area (Å²) in [4.78, 5) is 2.12. The minimum atomic E-state index is 0.308. The number of phenolic OH excluding ortho intramolecular Hbond substituents is 1.